The Balaban J connectivity index is 2.50. The van der Waals surface area contributed by atoms with Crippen LogP contribution >= 0.6 is 22.9 Å². The first-order valence-corrected chi connectivity index (χ1v) is 8.46. The van der Waals surface area contributed by atoms with E-state index < -0.39 is 0 Å². The summed E-state index contributed by atoms with van der Waals surface area (Å²) in [6.45, 7) is 9.79. The van der Waals surface area contributed by atoms with Crippen molar-refractivity contribution in [2.45, 2.75) is 53.0 Å². The minimum absolute atomic E-state index is 0.346. The summed E-state index contributed by atoms with van der Waals surface area (Å²) in [6.07, 6.45) is 3.43. The lowest BCUT2D eigenvalue weighted by molar-refractivity contribution is 0.591. The molecule has 0 aliphatic rings. The predicted octanol–water partition coefficient (Wildman–Crippen LogP) is 5.06. The second-order valence-electron chi connectivity index (χ2n) is 5.20. The molecule has 2 heterocycles. The van der Waals surface area contributed by atoms with E-state index in [1.807, 2.05) is 0 Å². The average molecular weight is 312 g/mol. The average Bonchev–Trinajstić information content (AvgIpc) is 2.78. The van der Waals surface area contributed by atoms with Crippen molar-refractivity contribution in [3.05, 3.63) is 16.2 Å². The van der Waals surface area contributed by atoms with Gasteiger partial charge >= 0.3 is 0 Å². The molecule has 2 rings (SSSR count). The van der Waals surface area contributed by atoms with Gasteiger partial charge in [0.25, 0.3) is 0 Å². The van der Waals surface area contributed by atoms with Gasteiger partial charge in [-0.25, -0.2) is 4.98 Å². The number of aromatic nitrogens is 2. The van der Waals surface area contributed by atoms with E-state index in [0.29, 0.717) is 11.3 Å². The van der Waals surface area contributed by atoms with Crippen molar-refractivity contribution in [3.63, 3.8) is 0 Å². The summed E-state index contributed by atoms with van der Waals surface area (Å²) in [5.74, 6) is 0.993. The quantitative estimate of drug-likeness (QED) is 0.698. The standard InChI is InChI=1S/C15H22ClN3S/c1-5-7-8-19(10(3)6-2)13-12-9-11(4)20-14(12)18-15(16)17-13/h9-10H,5-8H2,1-4H3. The Bertz CT molecular complexity index is 582. The molecule has 0 spiro atoms. The highest BCUT2D eigenvalue weighted by molar-refractivity contribution is 7.18. The molecular weight excluding hydrogens is 290 g/mol. The van der Waals surface area contributed by atoms with Crippen LogP contribution in [0.2, 0.25) is 5.28 Å². The van der Waals surface area contributed by atoms with Crippen molar-refractivity contribution < 1.29 is 0 Å². The van der Waals surface area contributed by atoms with Crippen LogP contribution in [0.5, 0.6) is 0 Å². The maximum atomic E-state index is 6.12. The molecule has 0 bridgehead atoms. The second-order valence-corrected chi connectivity index (χ2v) is 6.77. The van der Waals surface area contributed by atoms with Crippen molar-refractivity contribution in [1.82, 2.24) is 9.97 Å². The normalized spacial score (nSPS) is 12.8. The van der Waals surface area contributed by atoms with Crippen LogP contribution in [0.25, 0.3) is 10.2 Å². The van der Waals surface area contributed by atoms with E-state index in [1.54, 1.807) is 11.3 Å². The van der Waals surface area contributed by atoms with Gasteiger partial charge in [0, 0.05) is 17.5 Å². The van der Waals surface area contributed by atoms with E-state index in [9.17, 15) is 0 Å². The summed E-state index contributed by atoms with van der Waals surface area (Å²) < 4.78 is 0. The van der Waals surface area contributed by atoms with E-state index >= 15 is 0 Å². The molecule has 0 aliphatic carbocycles. The molecule has 1 unspecified atom stereocenters. The van der Waals surface area contributed by atoms with Crippen molar-refractivity contribution in [1.29, 1.82) is 0 Å². The Kier molecular flexibility index (Phi) is 5.22. The fraction of sp³-hybridized carbons (Fsp3) is 0.600. The third-order valence-corrected chi connectivity index (χ3v) is 4.73. The molecule has 0 saturated heterocycles. The Labute approximate surface area is 130 Å². The van der Waals surface area contributed by atoms with Crippen molar-refractivity contribution >= 4 is 39.0 Å². The summed E-state index contributed by atoms with van der Waals surface area (Å²) in [7, 11) is 0. The molecule has 0 amide bonds. The van der Waals surface area contributed by atoms with Crippen LogP contribution < -0.4 is 4.90 Å². The zero-order valence-electron chi connectivity index (χ0n) is 12.6. The minimum Gasteiger partial charge on any atom is -0.353 e. The Morgan fingerprint density at radius 3 is 2.75 bits per heavy atom. The van der Waals surface area contributed by atoms with Crippen LogP contribution in [-0.4, -0.2) is 22.6 Å². The van der Waals surface area contributed by atoms with Crippen molar-refractivity contribution in [2.24, 2.45) is 0 Å². The minimum atomic E-state index is 0.346. The van der Waals surface area contributed by atoms with E-state index in [2.05, 4.69) is 48.6 Å². The summed E-state index contributed by atoms with van der Waals surface area (Å²) in [4.78, 5) is 13.5. The maximum absolute atomic E-state index is 6.12. The smallest absolute Gasteiger partial charge is 0.225 e. The second kappa shape index (κ2) is 6.72. The van der Waals surface area contributed by atoms with Gasteiger partial charge in [0.1, 0.15) is 10.6 Å². The Hall–Kier alpha value is -0.870. The van der Waals surface area contributed by atoms with Gasteiger partial charge in [-0.2, -0.15) is 4.98 Å². The number of rotatable bonds is 6. The van der Waals surface area contributed by atoms with Crippen LogP contribution in [0, 0.1) is 6.92 Å². The summed E-state index contributed by atoms with van der Waals surface area (Å²) in [6, 6.07) is 2.63. The summed E-state index contributed by atoms with van der Waals surface area (Å²) in [5, 5.41) is 1.48. The summed E-state index contributed by atoms with van der Waals surface area (Å²) >= 11 is 7.80. The number of aryl methyl sites for hydroxylation is 1. The zero-order chi connectivity index (χ0) is 14.7. The van der Waals surface area contributed by atoms with E-state index in [1.165, 1.54) is 11.3 Å². The fourth-order valence-corrected chi connectivity index (χ4v) is 3.39. The lowest BCUT2D eigenvalue weighted by Crippen LogP contribution is -2.34. The van der Waals surface area contributed by atoms with Gasteiger partial charge < -0.3 is 4.90 Å². The summed E-state index contributed by atoms with van der Waals surface area (Å²) in [5.41, 5.74) is 0. The molecule has 2 aromatic heterocycles. The van der Waals surface area contributed by atoms with Gasteiger partial charge in [-0.3, -0.25) is 0 Å². The van der Waals surface area contributed by atoms with Crippen LogP contribution in [-0.2, 0) is 0 Å². The fourth-order valence-electron chi connectivity index (χ4n) is 2.30. The highest BCUT2D eigenvalue weighted by atomic mass is 35.5. The number of hydrogen-bond acceptors (Lipinski definition) is 4. The van der Waals surface area contributed by atoms with E-state index in [4.69, 9.17) is 11.6 Å². The molecule has 0 radical (unpaired) electrons. The van der Waals surface area contributed by atoms with Crippen molar-refractivity contribution in [3.8, 4) is 0 Å². The molecular formula is C15H22ClN3S. The first-order valence-electron chi connectivity index (χ1n) is 7.27. The largest absolute Gasteiger partial charge is 0.353 e. The van der Waals surface area contributed by atoms with Crippen LogP contribution in [0.4, 0.5) is 5.82 Å². The third-order valence-electron chi connectivity index (χ3n) is 3.62. The number of nitrogens with zero attached hydrogens (tertiary/aromatic N) is 3. The molecule has 0 aromatic carbocycles. The van der Waals surface area contributed by atoms with Gasteiger partial charge in [0.2, 0.25) is 5.28 Å². The monoisotopic (exact) mass is 311 g/mol. The first-order chi connectivity index (χ1) is 9.56. The van der Waals surface area contributed by atoms with Crippen LogP contribution in [0.3, 0.4) is 0 Å². The Morgan fingerprint density at radius 1 is 1.35 bits per heavy atom. The number of anilines is 1. The molecule has 0 aliphatic heterocycles. The molecule has 0 N–H and O–H groups in total. The molecule has 110 valence electrons. The molecule has 2 aromatic rings. The molecule has 20 heavy (non-hydrogen) atoms. The molecule has 0 fully saturated rings. The van der Waals surface area contributed by atoms with E-state index in [-0.39, 0.29) is 0 Å². The Morgan fingerprint density at radius 2 is 2.10 bits per heavy atom. The third kappa shape index (κ3) is 3.23. The lowest BCUT2D eigenvalue weighted by Gasteiger charge is -2.30. The van der Waals surface area contributed by atoms with Crippen molar-refractivity contribution in [2.75, 3.05) is 11.4 Å². The lowest BCUT2D eigenvalue weighted by atomic mass is 10.2. The number of hydrogen-bond donors (Lipinski definition) is 0. The van der Waals surface area contributed by atoms with Crippen LogP contribution in [0.15, 0.2) is 6.07 Å². The highest BCUT2D eigenvalue weighted by Crippen LogP contribution is 2.33. The first kappa shape index (κ1) is 15.5. The van der Waals surface area contributed by atoms with Gasteiger partial charge in [-0.15, -0.1) is 11.3 Å². The molecule has 3 nitrogen and oxygen atoms in total. The SMILES string of the molecule is CCCCN(c1nc(Cl)nc2sc(C)cc12)C(C)CC. The van der Waals surface area contributed by atoms with Crippen LogP contribution in [0.1, 0.15) is 44.9 Å². The highest BCUT2D eigenvalue weighted by Gasteiger charge is 2.19. The molecule has 0 saturated carbocycles. The molecule has 1 atom stereocenters. The zero-order valence-corrected chi connectivity index (χ0v) is 14.2. The van der Waals surface area contributed by atoms with Gasteiger partial charge in [-0.1, -0.05) is 20.3 Å². The number of fused-ring (bicyclic) bond motifs is 1. The van der Waals surface area contributed by atoms with Gasteiger partial charge in [0.15, 0.2) is 0 Å². The van der Waals surface area contributed by atoms with Gasteiger partial charge in [-0.05, 0) is 44.4 Å². The topological polar surface area (TPSA) is 29.0 Å². The molecule has 5 heteroatoms. The number of halogens is 1. The van der Waals surface area contributed by atoms with E-state index in [0.717, 1.165) is 35.4 Å². The maximum Gasteiger partial charge on any atom is 0.225 e. The predicted molar refractivity (Wildman–Crippen MR) is 89.2 cm³/mol. The number of unbranched alkanes of at least 4 members (excludes halogenated alkanes) is 1. The number of thiophene rings is 1. The van der Waals surface area contributed by atoms with Gasteiger partial charge in [0.05, 0.1) is 5.39 Å².